The molecular formula is C17H16O4. The fraction of sp³-hybridized carbons (Fsp3) is 0.235. The summed E-state index contributed by atoms with van der Waals surface area (Å²) in [6, 6.07) is 13.3. The van der Waals surface area contributed by atoms with Crippen molar-refractivity contribution in [1.82, 2.24) is 0 Å². The first-order valence-corrected chi connectivity index (χ1v) is 6.74. The van der Waals surface area contributed by atoms with Gasteiger partial charge in [-0.2, -0.15) is 0 Å². The minimum atomic E-state index is -0.214. The van der Waals surface area contributed by atoms with Crippen LogP contribution in [0.25, 0.3) is 0 Å². The molecule has 0 aromatic heterocycles. The Kier molecular flexibility index (Phi) is 3.52. The van der Waals surface area contributed by atoms with Gasteiger partial charge in [0.05, 0.1) is 20.6 Å². The maximum atomic E-state index is 11.8. The SMILES string of the molecule is COc1ccc([C@@H]2CC(=O)Oc3ccc(OC)cc32)cc1. The van der Waals surface area contributed by atoms with Gasteiger partial charge in [-0.25, -0.2) is 0 Å². The van der Waals surface area contributed by atoms with Crippen molar-refractivity contribution in [3.8, 4) is 17.2 Å². The number of rotatable bonds is 3. The van der Waals surface area contributed by atoms with Gasteiger partial charge in [-0.3, -0.25) is 4.79 Å². The molecule has 4 heteroatoms. The molecule has 3 rings (SSSR count). The standard InChI is InChI=1S/C17H16O4/c1-19-12-5-3-11(4-6-12)14-10-17(18)21-16-8-7-13(20-2)9-15(14)16/h3-9,14H,10H2,1-2H3/t14-/m0/s1. The molecule has 21 heavy (non-hydrogen) atoms. The monoisotopic (exact) mass is 284 g/mol. The lowest BCUT2D eigenvalue weighted by atomic mass is 9.86. The highest BCUT2D eigenvalue weighted by atomic mass is 16.5. The normalized spacial score (nSPS) is 16.9. The highest BCUT2D eigenvalue weighted by Crippen LogP contribution is 2.40. The first kappa shape index (κ1) is 13.5. The van der Waals surface area contributed by atoms with Crippen molar-refractivity contribution in [2.24, 2.45) is 0 Å². The number of benzene rings is 2. The van der Waals surface area contributed by atoms with Crippen LogP contribution in [0.4, 0.5) is 0 Å². The van der Waals surface area contributed by atoms with Gasteiger partial charge < -0.3 is 14.2 Å². The third kappa shape index (κ3) is 2.57. The fourth-order valence-corrected chi connectivity index (χ4v) is 2.59. The smallest absolute Gasteiger partial charge is 0.312 e. The van der Waals surface area contributed by atoms with Crippen LogP contribution in [-0.2, 0) is 4.79 Å². The fourth-order valence-electron chi connectivity index (χ4n) is 2.59. The first-order valence-electron chi connectivity index (χ1n) is 6.74. The Morgan fingerprint density at radius 1 is 1.00 bits per heavy atom. The number of hydrogen-bond acceptors (Lipinski definition) is 4. The van der Waals surface area contributed by atoms with E-state index in [1.54, 1.807) is 26.4 Å². The van der Waals surface area contributed by atoms with Crippen LogP contribution in [0.2, 0.25) is 0 Å². The zero-order valence-corrected chi connectivity index (χ0v) is 12.0. The maximum absolute atomic E-state index is 11.8. The van der Waals surface area contributed by atoms with Crippen LogP contribution in [0, 0.1) is 0 Å². The van der Waals surface area contributed by atoms with Crippen LogP contribution in [0.5, 0.6) is 17.2 Å². The Balaban J connectivity index is 2.04. The van der Waals surface area contributed by atoms with E-state index in [-0.39, 0.29) is 11.9 Å². The lowest BCUT2D eigenvalue weighted by molar-refractivity contribution is -0.135. The number of ether oxygens (including phenoxy) is 3. The molecule has 0 bridgehead atoms. The Morgan fingerprint density at radius 2 is 1.67 bits per heavy atom. The summed E-state index contributed by atoms with van der Waals surface area (Å²) < 4.78 is 15.7. The molecule has 0 spiro atoms. The van der Waals surface area contributed by atoms with Crippen LogP contribution in [-0.4, -0.2) is 20.2 Å². The topological polar surface area (TPSA) is 44.8 Å². The van der Waals surface area contributed by atoms with E-state index in [1.165, 1.54) is 0 Å². The van der Waals surface area contributed by atoms with Gasteiger partial charge in [0.25, 0.3) is 0 Å². The number of hydrogen-bond donors (Lipinski definition) is 0. The minimum Gasteiger partial charge on any atom is -0.497 e. The summed E-state index contributed by atoms with van der Waals surface area (Å²) in [7, 11) is 3.26. The third-order valence-electron chi connectivity index (χ3n) is 3.71. The summed E-state index contributed by atoms with van der Waals surface area (Å²) in [5.74, 6) is 1.91. The summed E-state index contributed by atoms with van der Waals surface area (Å²) in [6.45, 7) is 0. The largest absolute Gasteiger partial charge is 0.497 e. The Hall–Kier alpha value is -2.49. The zero-order valence-electron chi connectivity index (χ0n) is 12.0. The molecule has 0 aliphatic carbocycles. The van der Waals surface area contributed by atoms with Crippen LogP contribution in [0.15, 0.2) is 42.5 Å². The van der Waals surface area contributed by atoms with E-state index >= 15 is 0 Å². The van der Waals surface area contributed by atoms with Gasteiger partial charge in [-0.15, -0.1) is 0 Å². The average Bonchev–Trinajstić information content (AvgIpc) is 2.53. The Morgan fingerprint density at radius 3 is 2.33 bits per heavy atom. The van der Waals surface area contributed by atoms with E-state index in [0.717, 1.165) is 22.6 Å². The lowest BCUT2D eigenvalue weighted by Gasteiger charge is -2.25. The second kappa shape index (κ2) is 5.48. The number of fused-ring (bicyclic) bond motifs is 1. The summed E-state index contributed by atoms with van der Waals surface area (Å²) in [5, 5.41) is 0. The molecule has 0 saturated heterocycles. The third-order valence-corrected chi connectivity index (χ3v) is 3.71. The molecule has 2 aromatic rings. The quantitative estimate of drug-likeness (QED) is 0.641. The molecule has 1 aliphatic rings. The van der Waals surface area contributed by atoms with Crippen molar-refractivity contribution in [1.29, 1.82) is 0 Å². The van der Waals surface area contributed by atoms with Crippen molar-refractivity contribution < 1.29 is 19.0 Å². The van der Waals surface area contributed by atoms with Crippen LogP contribution < -0.4 is 14.2 Å². The van der Waals surface area contributed by atoms with Gasteiger partial charge in [0.2, 0.25) is 0 Å². The molecule has 0 N–H and O–H groups in total. The number of carbonyl (C=O) groups is 1. The molecule has 2 aromatic carbocycles. The maximum Gasteiger partial charge on any atom is 0.312 e. The molecule has 1 heterocycles. The molecule has 0 fully saturated rings. The molecule has 1 aliphatic heterocycles. The van der Waals surface area contributed by atoms with Gasteiger partial charge in [0.15, 0.2) is 0 Å². The van der Waals surface area contributed by atoms with E-state index in [1.807, 2.05) is 30.3 Å². The molecule has 1 atom stereocenters. The van der Waals surface area contributed by atoms with Crippen LogP contribution in [0.1, 0.15) is 23.5 Å². The summed E-state index contributed by atoms with van der Waals surface area (Å²) >= 11 is 0. The lowest BCUT2D eigenvalue weighted by Crippen LogP contribution is -2.21. The van der Waals surface area contributed by atoms with E-state index in [9.17, 15) is 4.79 Å². The second-order valence-corrected chi connectivity index (χ2v) is 4.91. The number of methoxy groups -OCH3 is 2. The van der Waals surface area contributed by atoms with E-state index in [0.29, 0.717) is 12.2 Å². The van der Waals surface area contributed by atoms with Crippen LogP contribution >= 0.6 is 0 Å². The van der Waals surface area contributed by atoms with E-state index in [2.05, 4.69) is 0 Å². The average molecular weight is 284 g/mol. The Labute approximate surface area is 123 Å². The van der Waals surface area contributed by atoms with Crippen molar-refractivity contribution >= 4 is 5.97 Å². The summed E-state index contributed by atoms with van der Waals surface area (Å²) in [4.78, 5) is 11.8. The number of carbonyl (C=O) groups excluding carboxylic acids is 1. The molecule has 108 valence electrons. The van der Waals surface area contributed by atoms with Gasteiger partial charge in [-0.1, -0.05) is 12.1 Å². The molecule has 0 radical (unpaired) electrons. The van der Waals surface area contributed by atoms with Crippen molar-refractivity contribution in [3.05, 3.63) is 53.6 Å². The second-order valence-electron chi connectivity index (χ2n) is 4.91. The molecular weight excluding hydrogens is 268 g/mol. The predicted octanol–water partition coefficient (Wildman–Crippen LogP) is 3.14. The zero-order chi connectivity index (χ0) is 14.8. The van der Waals surface area contributed by atoms with E-state index < -0.39 is 0 Å². The van der Waals surface area contributed by atoms with Crippen LogP contribution in [0.3, 0.4) is 0 Å². The highest BCUT2D eigenvalue weighted by Gasteiger charge is 2.28. The van der Waals surface area contributed by atoms with Crippen molar-refractivity contribution in [2.45, 2.75) is 12.3 Å². The minimum absolute atomic E-state index is 0.0257. The van der Waals surface area contributed by atoms with Gasteiger partial charge in [0, 0.05) is 11.5 Å². The first-order chi connectivity index (χ1) is 10.2. The van der Waals surface area contributed by atoms with Crippen molar-refractivity contribution in [3.63, 3.8) is 0 Å². The predicted molar refractivity (Wildman–Crippen MR) is 78.1 cm³/mol. The highest BCUT2D eigenvalue weighted by molar-refractivity contribution is 5.77. The molecule has 0 amide bonds. The molecule has 4 nitrogen and oxygen atoms in total. The molecule has 0 unspecified atom stereocenters. The van der Waals surface area contributed by atoms with Gasteiger partial charge >= 0.3 is 5.97 Å². The summed E-state index contributed by atoms with van der Waals surface area (Å²) in [6.07, 6.45) is 0.326. The van der Waals surface area contributed by atoms with Crippen molar-refractivity contribution in [2.75, 3.05) is 14.2 Å². The van der Waals surface area contributed by atoms with E-state index in [4.69, 9.17) is 14.2 Å². The number of esters is 1. The summed E-state index contributed by atoms with van der Waals surface area (Å²) in [5.41, 5.74) is 2.03. The Bertz CT molecular complexity index is 661. The van der Waals surface area contributed by atoms with Gasteiger partial charge in [-0.05, 0) is 35.9 Å². The van der Waals surface area contributed by atoms with Gasteiger partial charge in [0.1, 0.15) is 17.2 Å². The molecule has 0 saturated carbocycles.